The molecule has 1 N–H and O–H groups in total. The van der Waals surface area contributed by atoms with E-state index in [4.69, 9.17) is 5.11 Å². The van der Waals surface area contributed by atoms with Crippen LogP contribution in [0.1, 0.15) is 17.5 Å². The van der Waals surface area contributed by atoms with Crippen LogP contribution >= 0.6 is 0 Å². The van der Waals surface area contributed by atoms with Crippen molar-refractivity contribution in [2.45, 2.75) is 19.4 Å². The van der Waals surface area contributed by atoms with E-state index >= 15 is 0 Å². The predicted octanol–water partition coefficient (Wildman–Crippen LogP) is 3.12. The first-order valence-corrected chi connectivity index (χ1v) is 8.91. The van der Waals surface area contributed by atoms with Gasteiger partial charge >= 0.3 is 5.97 Å². The molecule has 0 bridgehead atoms. The standard InChI is InChI=1S/C21H26N2O2/c1-22-11-2-12-23(14-13-22)16-18-5-9-20(10-6-18)19-7-3-17(4-8-19)15-21(24)25/h3-10H,2,11-16H2,1H3,(H,24,25). The molecule has 0 radical (unpaired) electrons. The second-order valence-electron chi connectivity index (χ2n) is 6.90. The fraction of sp³-hybridized carbons (Fsp3) is 0.381. The van der Waals surface area contributed by atoms with Crippen molar-refractivity contribution in [1.29, 1.82) is 0 Å². The van der Waals surface area contributed by atoms with E-state index < -0.39 is 5.97 Å². The van der Waals surface area contributed by atoms with Crippen molar-refractivity contribution < 1.29 is 9.90 Å². The van der Waals surface area contributed by atoms with E-state index in [1.54, 1.807) is 0 Å². The number of benzene rings is 2. The maximum atomic E-state index is 10.8. The Hall–Kier alpha value is -2.17. The van der Waals surface area contributed by atoms with Gasteiger partial charge in [-0.05, 0) is 48.8 Å². The number of carboxylic acids is 1. The van der Waals surface area contributed by atoms with Gasteiger partial charge in [0, 0.05) is 19.6 Å². The molecule has 4 heteroatoms. The minimum Gasteiger partial charge on any atom is -0.481 e. The Morgan fingerprint density at radius 1 is 0.880 bits per heavy atom. The molecule has 0 unspecified atom stereocenters. The molecule has 25 heavy (non-hydrogen) atoms. The molecule has 2 aromatic carbocycles. The summed E-state index contributed by atoms with van der Waals surface area (Å²) < 4.78 is 0. The highest BCUT2D eigenvalue weighted by Gasteiger charge is 2.12. The van der Waals surface area contributed by atoms with Crippen LogP contribution in [0.5, 0.6) is 0 Å². The zero-order chi connectivity index (χ0) is 17.6. The third-order valence-electron chi connectivity index (χ3n) is 4.81. The minimum atomic E-state index is -0.795. The lowest BCUT2D eigenvalue weighted by Crippen LogP contribution is -2.28. The van der Waals surface area contributed by atoms with Crippen molar-refractivity contribution in [1.82, 2.24) is 9.80 Å². The van der Waals surface area contributed by atoms with E-state index in [0.29, 0.717) is 0 Å². The van der Waals surface area contributed by atoms with Crippen LogP contribution in [-0.2, 0) is 17.8 Å². The molecule has 0 saturated carbocycles. The predicted molar refractivity (Wildman–Crippen MR) is 101 cm³/mol. The SMILES string of the molecule is CN1CCCN(Cc2ccc(-c3ccc(CC(=O)O)cc3)cc2)CC1. The molecule has 0 aliphatic carbocycles. The van der Waals surface area contributed by atoms with Gasteiger partial charge in [-0.2, -0.15) is 0 Å². The number of likely N-dealkylation sites (N-methyl/N-ethyl adjacent to an activating group) is 1. The smallest absolute Gasteiger partial charge is 0.307 e. The molecule has 1 aliphatic rings. The molecule has 0 amide bonds. The summed E-state index contributed by atoms with van der Waals surface area (Å²) in [6.45, 7) is 5.63. The average molecular weight is 338 g/mol. The summed E-state index contributed by atoms with van der Waals surface area (Å²) in [6.07, 6.45) is 1.31. The van der Waals surface area contributed by atoms with Crippen molar-refractivity contribution in [3.63, 3.8) is 0 Å². The fourth-order valence-electron chi connectivity index (χ4n) is 3.31. The van der Waals surface area contributed by atoms with Gasteiger partial charge in [-0.1, -0.05) is 48.5 Å². The number of nitrogens with zero attached hydrogens (tertiary/aromatic N) is 2. The number of rotatable bonds is 5. The Labute approximate surface area is 149 Å². The van der Waals surface area contributed by atoms with Gasteiger partial charge in [-0.25, -0.2) is 0 Å². The maximum Gasteiger partial charge on any atom is 0.307 e. The molecule has 0 aromatic heterocycles. The zero-order valence-electron chi connectivity index (χ0n) is 14.8. The largest absolute Gasteiger partial charge is 0.481 e. The topological polar surface area (TPSA) is 43.8 Å². The van der Waals surface area contributed by atoms with Crippen molar-refractivity contribution in [2.24, 2.45) is 0 Å². The van der Waals surface area contributed by atoms with Gasteiger partial charge in [0.25, 0.3) is 0 Å². The van der Waals surface area contributed by atoms with Crippen LogP contribution in [0, 0.1) is 0 Å². The first-order chi connectivity index (χ1) is 12.1. The van der Waals surface area contributed by atoms with Gasteiger partial charge in [0.2, 0.25) is 0 Å². The van der Waals surface area contributed by atoms with Crippen LogP contribution in [0.2, 0.25) is 0 Å². The summed E-state index contributed by atoms with van der Waals surface area (Å²) in [5.41, 5.74) is 4.47. The highest BCUT2D eigenvalue weighted by Crippen LogP contribution is 2.21. The zero-order valence-corrected chi connectivity index (χ0v) is 14.8. The van der Waals surface area contributed by atoms with E-state index in [1.165, 1.54) is 24.1 Å². The first kappa shape index (κ1) is 17.6. The van der Waals surface area contributed by atoms with Crippen LogP contribution in [0.15, 0.2) is 48.5 Å². The van der Waals surface area contributed by atoms with Crippen molar-refractivity contribution in [3.8, 4) is 11.1 Å². The summed E-state index contributed by atoms with van der Waals surface area (Å²) in [4.78, 5) is 15.7. The summed E-state index contributed by atoms with van der Waals surface area (Å²) >= 11 is 0. The summed E-state index contributed by atoms with van der Waals surface area (Å²) in [5.74, 6) is -0.795. The van der Waals surface area contributed by atoms with Crippen molar-refractivity contribution in [3.05, 3.63) is 59.7 Å². The number of aliphatic carboxylic acids is 1. The van der Waals surface area contributed by atoms with Crippen LogP contribution in [0.4, 0.5) is 0 Å². The van der Waals surface area contributed by atoms with Crippen LogP contribution in [-0.4, -0.2) is 54.1 Å². The van der Waals surface area contributed by atoms with Gasteiger partial charge in [-0.15, -0.1) is 0 Å². The van der Waals surface area contributed by atoms with Gasteiger partial charge in [-0.3, -0.25) is 9.69 Å². The van der Waals surface area contributed by atoms with Gasteiger partial charge < -0.3 is 10.0 Å². The molecule has 1 fully saturated rings. The molecule has 1 aliphatic heterocycles. The molecule has 0 atom stereocenters. The molecule has 3 rings (SSSR count). The average Bonchev–Trinajstić information content (AvgIpc) is 2.80. The van der Waals surface area contributed by atoms with E-state index in [-0.39, 0.29) is 6.42 Å². The maximum absolute atomic E-state index is 10.8. The quantitative estimate of drug-likeness (QED) is 0.910. The molecule has 0 spiro atoms. The summed E-state index contributed by atoms with van der Waals surface area (Å²) in [7, 11) is 2.19. The van der Waals surface area contributed by atoms with Crippen LogP contribution in [0.25, 0.3) is 11.1 Å². The van der Waals surface area contributed by atoms with Gasteiger partial charge in [0.05, 0.1) is 6.42 Å². The summed E-state index contributed by atoms with van der Waals surface area (Å²) in [5, 5.41) is 8.84. The van der Waals surface area contributed by atoms with Crippen LogP contribution < -0.4 is 0 Å². The highest BCUT2D eigenvalue weighted by molar-refractivity contribution is 5.71. The second-order valence-corrected chi connectivity index (χ2v) is 6.90. The summed E-state index contributed by atoms with van der Waals surface area (Å²) in [6, 6.07) is 16.5. The van der Waals surface area contributed by atoms with Crippen molar-refractivity contribution in [2.75, 3.05) is 33.2 Å². The molecular formula is C21H26N2O2. The molecule has 1 saturated heterocycles. The fourth-order valence-corrected chi connectivity index (χ4v) is 3.31. The Morgan fingerprint density at radius 3 is 2.08 bits per heavy atom. The first-order valence-electron chi connectivity index (χ1n) is 8.91. The molecule has 4 nitrogen and oxygen atoms in total. The van der Waals surface area contributed by atoms with Gasteiger partial charge in [0.15, 0.2) is 0 Å². The normalized spacial score (nSPS) is 16.5. The number of hydrogen-bond acceptors (Lipinski definition) is 3. The third-order valence-corrected chi connectivity index (χ3v) is 4.81. The minimum absolute atomic E-state index is 0.0737. The highest BCUT2D eigenvalue weighted by atomic mass is 16.4. The van der Waals surface area contributed by atoms with Gasteiger partial charge in [0.1, 0.15) is 0 Å². The Kier molecular flexibility index (Phi) is 5.84. The number of carbonyl (C=O) groups is 1. The van der Waals surface area contributed by atoms with Crippen molar-refractivity contribution >= 4 is 5.97 Å². The van der Waals surface area contributed by atoms with E-state index in [0.717, 1.165) is 37.3 Å². The Bertz CT molecular complexity index is 695. The number of carboxylic acid groups (broad SMARTS) is 1. The number of hydrogen-bond donors (Lipinski definition) is 1. The Morgan fingerprint density at radius 2 is 1.48 bits per heavy atom. The molecular weight excluding hydrogens is 312 g/mol. The van der Waals surface area contributed by atoms with E-state index in [2.05, 4.69) is 41.1 Å². The molecule has 1 heterocycles. The van der Waals surface area contributed by atoms with E-state index in [9.17, 15) is 4.79 Å². The van der Waals surface area contributed by atoms with Crippen LogP contribution in [0.3, 0.4) is 0 Å². The van der Waals surface area contributed by atoms with E-state index in [1.807, 2.05) is 24.3 Å². The second kappa shape index (κ2) is 8.28. The lowest BCUT2D eigenvalue weighted by molar-refractivity contribution is -0.136. The third kappa shape index (κ3) is 5.15. The molecule has 2 aromatic rings. The Balaban J connectivity index is 1.62. The molecule has 132 valence electrons. The lowest BCUT2D eigenvalue weighted by Gasteiger charge is -2.20. The monoisotopic (exact) mass is 338 g/mol. The lowest BCUT2D eigenvalue weighted by atomic mass is 10.0.